The SMILES string of the molecule is C1CCC2C(C1)CC1SSC3CCCC2C31. The zero-order valence-electron chi connectivity index (χ0n) is 9.94. The van der Waals surface area contributed by atoms with Gasteiger partial charge in [0.15, 0.2) is 0 Å². The van der Waals surface area contributed by atoms with E-state index in [-0.39, 0.29) is 0 Å². The lowest BCUT2D eigenvalue weighted by atomic mass is 9.57. The molecule has 0 spiro atoms. The van der Waals surface area contributed by atoms with Gasteiger partial charge in [0.1, 0.15) is 0 Å². The Morgan fingerprint density at radius 1 is 0.688 bits per heavy atom. The molecule has 0 aromatic heterocycles. The molecular weight excluding hydrogens is 232 g/mol. The van der Waals surface area contributed by atoms with Gasteiger partial charge in [-0.2, -0.15) is 0 Å². The van der Waals surface area contributed by atoms with Gasteiger partial charge in [0.2, 0.25) is 0 Å². The van der Waals surface area contributed by atoms with E-state index < -0.39 is 0 Å². The van der Waals surface area contributed by atoms with Gasteiger partial charge >= 0.3 is 0 Å². The predicted molar refractivity (Wildman–Crippen MR) is 73.7 cm³/mol. The van der Waals surface area contributed by atoms with Crippen LogP contribution in [0.3, 0.4) is 0 Å². The normalized spacial score (nSPS) is 55.5. The second kappa shape index (κ2) is 4.12. The zero-order chi connectivity index (χ0) is 10.5. The molecule has 1 aliphatic heterocycles. The van der Waals surface area contributed by atoms with E-state index in [4.69, 9.17) is 0 Å². The number of hydrogen-bond donors (Lipinski definition) is 0. The highest BCUT2D eigenvalue weighted by molar-refractivity contribution is 8.77. The molecule has 1 saturated heterocycles. The number of rotatable bonds is 0. The Morgan fingerprint density at radius 3 is 2.50 bits per heavy atom. The largest absolute Gasteiger partial charge is 0.0901 e. The molecule has 2 heteroatoms. The molecule has 0 amide bonds. The van der Waals surface area contributed by atoms with Crippen molar-refractivity contribution in [1.29, 1.82) is 0 Å². The number of fused-ring (bicyclic) bond motifs is 2. The van der Waals surface area contributed by atoms with Crippen LogP contribution in [0.25, 0.3) is 0 Å². The minimum atomic E-state index is 1.05. The summed E-state index contributed by atoms with van der Waals surface area (Å²) in [4.78, 5) is 0. The molecular formula is C14H22S2. The maximum atomic E-state index is 2.28. The molecule has 0 nitrogen and oxygen atoms in total. The summed E-state index contributed by atoms with van der Waals surface area (Å²) in [6.07, 6.45) is 12.5. The summed E-state index contributed by atoms with van der Waals surface area (Å²) in [5.74, 6) is 4.55. The highest BCUT2D eigenvalue weighted by atomic mass is 33.1. The first kappa shape index (κ1) is 10.6. The molecule has 1 heterocycles. The summed E-state index contributed by atoms with van der Waals surface area (Å²) in [5, 5.41) is 2.11. The highest BCUT2D eigenvalue weighted by Crippen LogP contribution is 2.63. The summed E-state index contributed by atoms with van der Waals surface area (Å²) in [7, 11) is 4.54. The second-order valence-electron chi connectivity index (χ2n) is 6.39. The lowest BCUT2D eigenvalue weighted by Crippen LogP contribution is -2.46. The summed E-state index contributed by atoms with van der Waals surface area (Å²) in [6, 6.07) is 0. The van der Waals surface area contributed by atoms with E-state index in [0.29, 0.717) is 0 Å². The van der Waals surface area contributed by atoms with Crippen molar-refractivity contribution in [2.45, 2.75) is 61.9 Å². The first-order valence-electron chi connectivity index (χ1n) is 7.25. The molecule has 4 rings (SSSR count). The van der Waals surface area contributed by atoms with Crippen LogP contribution in [0, 0.1) is 23.7 Å². The van der Waals surface area contributed by atoms with Crippen molar-refractivity contribution in [3.05, 3.63) is 0 Å². The molecule has 0 bridgehead atoms. The molecule has 16 heavy (non-hydrogen) atoms. The molecule has 3 aliphatic carbocycles. The molecule has 0 N–H and O–H groups in total. The summed E-state index contributed by atoms with van der Waals surface area (Å²) in [5.41, 5.74) is 0. The summed E-state index contributed by atoms with van der Waals surface area (Å²) >= 11 is 0. The molecule has 6 atom stereocenters. The van der Waals surface area contributed by atoms with Gasteiger partial charge < -0.3 is 0 Å². The fraction of sp³-hybridized carbons (Fsp3) is 1.00. The minimum Gasteiger partial charge on any atom is -0.0901 e. The third-order valence-electron chi connectivity index (χ3n) is 5.73. The Hall–Kier alpha value is 0.700. The van der Waals surface area contributed by atoms with Gasteiger partial charge in [0, 0.05) is 10.5 Å². The van der Waals surface area contributed by atoms with Crippen molar-refractivity contribution in [2.75, 3.05) is 0 Å². The van der Waals surface area contributed by atoms with Crippen LogP contribution in [0.1, 0.15) is 51.4 Å². The van der Waals surface area contributed by atoms with Crippen LogP contribution in [0.15, 0.2) is 0 Å². The van der Waals surface area contributed by atoms with Gasteiger partial charge in [-0.25, -0.2) is 0 Å². The molecule has 6 unspecified atom stereocenters. The first-order valence-corrected chi connectivity index (χ1v) is 9.53. The molecule has 3 saturated carbocycles. The molecule has 90 valence electrons. The van der Waals surface area contributed by atoms with Gasteiger partial charge in [-0.1, -0.05) is 47.3 Å². The summed E-state index contributed by atoms with van der Waals surface area (Å²) < 4.78 is 0. The lowest BCUT2D eigenvalue weighted by molar-refractivity contribution is 0.0382. The van der Waals surface area contributed by atoms with Crippen LogP contribution < -0.4 is 0 Å². The highest BCUT2D eigenvalue weighted by Gasteiger charge is 2.52. The molecule has 0 aromatic rings. The molecule has 4 fully saturated rings. The number of hydrogen-bond acceptors (Lipinski definition) is 2. The standard InChI is InChI=1S/C14H22S2/c1-2-5-10-9(4-1)8-13-14-11(10)6-3-7-12(14)15-16-13/h9-14H,1-8H2. The summed E-state index contributed by atoms with van der Waals surface area (Å²) in [6.45, 7) is 0. The van der Waals surface area contributed by atoms with E-state index in [9.17, 15) is 0 Å². The monoisotopic (exact) mass is 254 g/mol. The Balaban J connectivity index is 1.64. The van der Waals surface area contributed by atoms with Crippen molar-refractivity contribution < 1.29 is 0 Å². The Morgan fingerprint density at radius 2 is 1.50 bits per heavy atom. The topological polar surface area (TPSA) is 0 Å². The maximum absolute atomic E-state index is 2.28. The van der Waals surface area contributed by atoms with Crippen molar-refractivity contribution >= 4 is 21.6 Å². The molecule has 4 aliphatic rings. The van der Waals surface area contributed by atoms with Gasteiger partial charge in [0.25, 0.3) is 0 Å². The van der Waals surface area contributed by atoms with E-state index in [1.807, 2.05) is 0 Å². The lowest BCUT2D eigenvalue weighted by Gasteiger charge is -2.50. The Bertz CT molecular complexity index is 278. The second-order valence-corrected chi connectivity index (χ2v) is 9.14. The molecule has 0 radical (unpaired) electrons. The van der Waals surface area contributed by atoms with Crippen LogP contribution >= 0.6 is 21.6 Å². The average Bonchev–Trinajstić information content (AvgIpc) is 2.75. The minimum absolute atomic E-state index is 1.05. The zero-order valence-corrected chi connectivity index (χ0v) is 11.6. The molecule has 0 aromatic carbocycles. The smallest absolute Gasteiger partial charge is 0.0196 e. The van der Waals surface area contributed by atoms with E-state index >= 15 is 0 Å². The Labute approximate surface area is 107 Å². The first-order chi connectivity index (χ1) is 7.93. The van der Waals surface area contributed by atoms with E-state index in [1.165, 1.54) is 19.3 Å². The van der Waals surface area contributed by atoms with Crippen molar-refractivity contribution in [3.63, 3.8) is 0 Å². The fourth-order valence-corrected chi connectivity index (χ4v) is 9.30. The van der Waals surface area contributed by atoms with Crippen LogP contribution in [0.5, 0.6) is 0 Å². The van der Waals surface area contributed by atoms with Gasteiger partial charge in [-0.05, 0) is 49.4 Å². The predicted octanol–water partition coefficient (Wildman–Crippen LogP) is 4.75. The third-order valence-corrected chi connectivity index (χ3v) is 9.21. The van der Waals surface area contributed by atoms with E-state index in [2.05, 4.69) is 21.6 Å². The maximum Gasteiger partial charge on any atom is 0.0196 e. The van der Waals surface area contributed by atoms with Crippen molar-refractivity contribution in [3.8, 4) is 0 Å². The third kappa shape index (κ3) is 1.51. The van der Waals surface area contributed by atoms with Crippen molar-refractivity contribution in [2.24, 2.45) is 23.7 Å². The van der Waals surface area contributed by atoms with E-state index in [0.717, 1.165) is 34.2 Å². The van der Waals surface area contributed by atoms with Crippen molar-refractivity contribution in [1.82, 2.24) is 0 Å². The average molecular weight is 254 g/mol. The van der Waals surface area contributed by atoms with Gasteiger partial charge in [-0.3, -0.25) is 0 Å². The Kier molecular flexibility index (Phi) is 2.73. The van der Waals surface area contributed by atoms with Crippen LogP contribution in [-0.2, 0) is 0 Å². The van der Waals surface area contributed by atoms with Crippen LogP contribution in [-0.4, -0.2) is 10.5 Å². The van der Waals surface area contributed by atoms with E-state index in [1.54, 1.807) is 32.1 Å². The quantitative estimate of drug-likeness (QED) is 0.572. The van der Waals surface area contributed by atoms with Gasteiger partial charge in [0.05, 0.1) is 0 Å². The van der Waals surface area contributed by atoms with Crippen LogP contribution in [0.2, 0.25) is 0 Å². The van der Waals surface area contributed by atoms with Crippen LogP contribution in [0.4, 0.5) is 0 Å². The van der Waals surface area contributed by atoms with Gasteiger partial charge in [-0.15, -0.1) is 0 Å². The fourth-order valence-electron chi connectivity index (χ4n) is 5.14.